The van der Waals surface area contributed by atoms with Crippen LogP contribution in [0.2, 0.25) is 19.6 Å². The van der Waals surface area contributed by atoms with E-state index >= 15 is 0 Å². The molecule has 178 valence electrons. The lowest BCUT2D eigenvalue weighted by molar-refractivity contribution is -0.0326. The van der Waals surface area contributed by atoms with Crippen LogP contribution in [0.3, 0.4) is 0 Å². The van der Waals surface area contributed by atoms with Gasteiger partial charge in [0.2, 0.25) is 0 Å². The van der Waals surface area contributed by atoms with Gasteiger partial charge in [0.15, 0.2) is 0 Å². The zero-order chi connectivity index (χ0) is 24.5. The van der Waals surface area contributed by atoms with E-state index in [9.17, 15) is 13.2 Å². The molecule has 0 saturated carbocycles. The molecule has 0 amide bonds. The van der Waals surface area contributed by atoms with Gasteiger partial charge in [-0.25, -0.2) is 0 Å². The Hall–Kier alpha value is -1.62. The molecule has 2 aromatic carbocycles. The van der Waals surface area contributed by atoms with Gasteiger partial charge in [-0.1, -0.05) is 19.6 Å². The number of halogens is 3. The first-order chi connectivity index (χ1) is 16.5. The van der Waals surface area contributed by atoms with Crippen LogP contribution in [-0.4, -0.2) is 13.6 Å². The van der Waals surface area contributed by atoms with Gasteiger partial charge in [0, 0.05) is 50.1 Å². The SMILES string of the molecule is C[Si](C)(C)c1cc2c(ccc3sc(/C=C/c4cc5c(ccc6sc(SC(F)(F)F)cc65)s4)cc32)s1. The summed E-state index contributed by atoms with van der Waals surface area (Å²) in [5, 5.41) is 4.59. The van der Waals surface area contributed by atoms with Crippen molar-refractivity contribution in [2.75, 3.05) is 0 Å². The lowest BCUT2D eigenvalue weighted by atomic mass is 10.1. The molecule has 9 heteroatoms. The van der Waals surface area contributed by atoms with Gasteiger partial charge in [0.25, 0.3) is 0 Å². The van der Waals surface area contributed by atoms with Gasteiger partial charge in [-0.2, -0.15) is 13.2 Å². The average molecular weight is 577 g/mol. The molecule has 0 bridgehead atoms. The van der Waals surface area contributed by atoms with Crippen molar-refractivity contribution in [2.24, 2.45) is 0 Å². The van der Waals surface area contributed by atoms with Crippen LogP contribution in [-0.2, 0) is 0 Å². The van der Waals surface area contributed by atoms with Gasteiger partial charge in [0.1, 0.15) is 0 Å². The fourth-order valence-corrected chi connectivity index (χ4v) is 11.0. The minimum absolute atomic E-state index is 0.0331. The first kappa shape index (κ1) is 23.8. The molecule has 0 atom stereocenters. The summed E-state index contributed by atoms with van der Waals surface area (Å²) in [6, 6.07) is 16.9. The van der Waals surface area contributed by atoms with Crippen molar-refractivity contribution in [3.63, 3.8) is 0 Å². The van der Waals surface area contributed by atoms with Crippen molar-refractivity contribution < 1.29 is 13.2 Å². The van der Waals surface area contributed by atoms with Crippen LogP contribution in [0.1, 0.15) is 9.75 Å². The Morgan fingerprint density at radius 1 is 0.657 bits per heavy atom. The summed E-state index contributed by atoms with van der Waals surface area (Å²) in [6.07, 6.45) is 4.28. The van der Waals surface area contributed by atoms with E-state index in [-0.39, 0.29) is 16.0 Å². The molecule has 6 rings (SSSR count). The Bertz CT molecular complexity index is 1750. The smallest absolute Gasteiger partial charge is 0.160 e. The van der Waals surface area contributed by atoms with Crippen LogP contribution >= 0.6 is 57.1 Å². The van der Waals surface area contributed by atoms with Gasteiger partial charge in [-0.15, -0.1) is 45.3 Å². The van der Waals surface area contributed by atoms with E-state index in [0.717, 1.165) is 25.0 Å². The molecule has 0 fully saturated rings. The zero-order valence-corrected chi connectivity index (χ0v) is 24.0. The largest absolute Gasteiger partial charge is 0.447 e. The number of rotatable bonds is 4. The van der Waals surface area contributed by atoms with E-state index in [2.05, 4.69) is 62.1 Å². The van der Waals surface area contributed by atoms with Gasteiger partial charge in [0.05, 0.1) is 12.3 Å². The molecule has 0 nitrogen and oxygen atoms in total. The van der Waals surface area contributed by atoms with Crippen LogP contribution < -0.4 is 4.50 Å². The van der Waals surface area contributed by atoms with Gasteiger partial charge in [-0.05, 0) is 76.9 Å². The third kappa shape index (κ3) is 4.62. The maximum absolute atomic E-state index is 12.8. The van der Waals surface area contributed by atoms with E-state index in [1.165, 1.54) is 40.9 Å². The lowest BCUT2D eigenvalue weighted by Gasteiger charge is -2.11. The summed E-state index contributed by atoms with van der Waals surface area (Å²) in [6.45, 7) is 7.17. The molecule has 6 aromatic rings. The minimum Gasteiger partial charge on any atom is -0.160 e. The molecule has 0 spiro atoms. The highest BCUT2D eigenvalue weighted by atomic mass is 32.2. The Kier molecular flexibility index (Phi) is 5.74. The normalized spacial score (nSPS) is 13.4. The summed E-state index contributed by atoms with van der Waals surface area (Å²) in [5.41, 5.74) is -4.27. The van der Waals surface area contributed by atoms with E-state index in [1.807, 2.05) is 23.5 Å². The van der Waals surface area contributed by atoms with Gasteiger partial charge >= 0.3 is 5.51 Å². The predicted octanol–water partition coefficient (Wildman–Crippen LogP) is 10.9. The first-order valence-corrected chi connectivity index (χ1v) is 18.5. The molecule has 4 heterocycles. The predicted molar refractivity (Wildman–Crippen MR) is 158 cm³/mol. The number of fused-ring (bicyclic) bond motifs is 6. The Morgan fingerprint density at radius 3 is 1.63 bits per heavy atom. The Labute approximate surface area is 221 Å². The summed E-state index contributed by atoms with van der Waals surface area (Å²) >= 11 is 6.56. The number of thiophene rings is 4. The van der Waals surface area contributed by atoms with Gasteiger partial charge < -0.3 is 0 Å². The van der Waals surface area contributed by atoms with Crippen molar-refractivity contribution in [3.8, 4) is 0 Å². The topological polar surface area (TPSA) is 0 Å². The first-order valence-electron chi connectivity index (χ1n) is 10.9. The monoisotopic (exact) mass is 576 g/mol. The summed E-state index contributed by atoms with van der Waals surface area (Å²) in [4.78, 5) is 2.30. The molecule has 4 aromatic heterocycles. The molecular formula is C26H19F3S5Si. The second-order valence-electron chi connectivity index (χ2n) is 9.38. The highest BCUT2D eigenvalue weighted by Crippen LogP contribution is 2.45. The molecular weight excluding hydrogens is 558 g/mol. The second-order valence-corrected chi connectivity index (χ2v) is 20.5. The van der Waals surface area contributed by atoms with E-state index < -0.39 is 13.6 Å². The zero-order valence-electron chi connectivity index (χ0n) is 18.9. The van der Waals surface area contributed by atoms with Crippen molar-refractivity contribution in [1.82, 2.24) is 0 Å². The highest BCUT2D eigenvalue weighted by Gasteiger charge is 2.30. The third-order valence-electron chi connectivity index (χ3n) is 5.78. The number of hydrogen-bond donors (Lipinski definition) is 0. The second kappa shape index (κ2) is 8.46. The number of alkyl halides is 3. The van der Waals surface area contributed by atoms with Crippen molar-refractivity contribution in [2.45, 2.75) is 29.4 Å². The van der Waals surface area contributed by atoms with E-state index in [1.54, 1.807) is 28.7 Å². The maximum atomic E-state index is 12.8. The molecule has 35 heavy (non-hydrogen) atoms. The number of benzene rings is 2. The fourth-order valence-electron chi connectivity index (χ4n) is 4.14. The summed E-state index contributed by atoms with van der Waals surface area (Å²) < 4.78 is 44.9. The number of hydrogen-bond acceptors (Lipinski definition) is 5. The van der Waals surface area contributed by atoms with Crippen LogP contribution in [0.15, 0.2) is 52.7 Å². The molecule has 0 aliphatic heterocycles. The summed E-state index contributed by atoms with van der Waals surface area (Å²) in [5.74, 6) is 0. The Morgan fingerprint density at radius 2 is 1.11 bits per heavy atom. The van der Waals surface area contributed by atoms with Crippen LogP contribution in [0, 0.1) is 0 Å². The standard InChI is InChI=1S/C26H19F3S5Si/c1-35(2,3)25-13-19-17-11-15(31-21(17)7-9-23(19)33-25)5-4-14-10-16-18-12-24(34-26(27,28)29)32-22(18)8-6-20(16)30-14/h4-13H,1-3H3/b5-4+. The van der Waals surface area contributed by atoms with Crippen molar-refractivity contribution in [3.05, 3.63) is 58.3 Å². The van der Waals surface area contributed by atoms with Crippen LogP contribution in [0.4, 0.5) is 13.2 Å². The molecule has 0 unspecified atom stereocenters. The third-order valence-corrected chi connectivity index (χ3v) is 14.5. The Balaban J connectivity index is 1.35. The van der Waals surface area contributed by atoms with Crippen LogP contribution in [0.25, 0.3) is 52.5 Å². The number of thioether (sulfide) groups is 1. The molecule has 0 saturated heterocycles. The minimum atomic E-state index is -4.27. The fraction of sp³-hybridized carbons (Fsp3) is 0.154. The quantitative estimate of drug-likeness (QED) is 0.149. The maximum Gasteiger partial charge on any atom is 0.447 e. The molecule has 0 aliphatic rings. The highest BCUT2D eigenvalue weighted by molar-refractivity contribution is 8.02. The molecule has 0 N–H and O–H groups in total. The van der Waals surface area contributed by atoms with Crippen molar-refractivity contribution in [1.29, 1.82) is 0 Å². The van der Waals surface area contributed by atoms with Gasteiger partial charge in [-0.3, -0.25) is 0 Å². The average Bonchev–Trinajstić information content (AvgIpc) is 3.51. The van der Waals surface area contributed by atoms with E-state index in [4.69, 9.17) is 0 Å². The van der Waals surface area contributed by atoms with Crippen molar-refractivity contribution >= 4 is 122 Å². The van der Waals surface area contributed by atoms with Crippen LogP contribution in [0.5, 0.6) is 0 Å². The molecule has 0 radical (unpaired) electrons. The summed E-state index contributed by atoms with van der Waals surface area (Å²) in [7, 11) is -1.35. The lowest BCUT2D eigenvalue weighted by Crippen LogP contribution is -2.34. The molecule has 0 aliphatic carbocycles. The van der Waals surface area contributed by atoms with E-state index in [0.29, 0.717) is 0 Å².